The maximum atomic E-state index is 3.98. The SMILES string of the molecule is C1=C(\c2cnnnn2)CCCCCC/1. The van der Waals surface area contributed by atoms with E-state index in [4.69, 9.17) is 0 Å². The zero-order valence-corrected chi connectivity index (χ0v) is 8.19. The van der Waals surface area contributed by atoms with Gasteiger partial charge in [-0.25, -0.2) is 0 Å². The maximum absolute atomic E-state index is 3.98. The lowest BCUT2D eigenvalue weighted by Gasteiger charge is -2.09. The van der Waals surface area contributed by atoms with E-state index in [-0.39, 0.29) is 0 Å². The fourth-order valence-corrected chi connectivity index (χ4v) is 1.77. The summed E-state index contributed by atoms with van der Waals surface area (Å²) in [6, 6.07) is 0. The maximum Gasteiger partial charge on any atom is 0.111 e. The molecule has 0 spiro atoms. The first-order valence-corrected chi connectivity index (χ1v) is 5.17. The minimum atomic E-state index is 0.891. The molecule has 0 atom stereocenters. The predicted octanol–water partition coefficient (Wildman–Crippen LogP) is 2.00. The van der Waals surface area contributed by atoms with Gasteiger partial charge < -0.3 is 0 Å². The molecule has 0 saturated heterocycles. The molecule has 1 aliphatic carbocycles. The van der Waals surface area contributed by atoms with E-state index in [1.165, 1.54) is 31.3 Å². The van der Waals surface area contributed by atoms with Gasteiger partial charge in [0, 0.05) is 0 Å². The molecule has 0 saturated carbocycles. The summed E-state index contributed by atoms with van der Waals surface area (Å²) in [6.07, 6.45) is 11.4. The fraction of sp³-hybridized carbons (Fsp3) is 0.600. The number of hydrogen-bond acceptors (Lipinski definition) is 4. The standard InChI is InChI=1S/C10H14N4/c1-2-4-6-9(7-5-3-1)10-8-11-13-14-12-10/h6,8H,1-5,7H2/b9-6-. The van der Waals surface area contributed by atoms with Gasteiger partial charge in [0.25, 0.3) is 0 Å². The molecule has 14 heavy (non-hydrogen) atoms. The highest BCUT2D eigenvalue weighted by molar-refractivity contribution is 5.61. The van der Waals surface area contributed by atoms with E-state index in [1.54, 1.807) is 6.20 Å². The lowest BCUT2D eigenvalue weighted by Crippen LogP contribution is -1.98. The molecule has 0 amide bonds. The molecule has 0 N–H and O–H groups in total. The summed E-state index contributed by atoms with van der Waals surface area (Å²) in [5, 5.41) is 14.7. The number of rotatable bonds is 1. The quantitative estimate of drug-likeness (QED) is 0.679. The normalized spacial score (nSPS) is 21.9. The van der Waals surface area contributed by atoms with Crippen molar-refractivity contribution < 1.29 is 0 Å². The third-order valence-corrected chi connectivity index (χ3v) is 2.54. The summed E-state index contributed by atoms with van der Waals surface area (Å²) in [7, 11) is 0. The third-order valence-electron chi connectivity index (χ3n) is 2.54. The molecule has 1 heterocycles. The number of aromatic nitrogens is 4. The van der Waals surface area contributed by atoms with Gasteiger partial charge in [0.05, 0.1) is 6.20 Å². The molecule has 0 radical (unpaired) electrons. The van der Waals surface area contributed by atoms with Crippen LogP contribution < -0.4 is 0 Å². The lowest BCUT2D eigenvalue weighted by atomic mass is 9.98. The average Bonchev–Trinajstić information content (AvgIpc) is 2.18. The van der Waals surface area contributed by atoms with E-state index in [1.807, 2.05) is 0 Å². The van der Waals surface area contributed by atoms with Gasteiger partial charge in [-0.05, 0) is 41.7 Å². The first-order valence-electron chi connectivity index (χ1n) is 5.17. The minimum Gasteiger partial charge on any atom is -0.135 e. The van der Waals surface area contributed by atoms with E-state index in [0.29, 0.717) is 0 Å². The smallest absolute Gasteiger partial charge is 0.111 e. The highest BCUT2D eigenvalue weighted by Gasteiger charge is 2.06. The van der Waals surface area contributed by atoms with Crippen molar-refractivity contribution >= 4 is 5.57 Å². The summed E-state index contributed by atoms with van der Waals surface area (Å²) < 4.78 is 0. The first-order chi connectivity index (χ1) is 6.97. The Balaban J connectivity index is 2.15. The molecule has 4 nitrogen and oxygen atoms in total. The third kappa shape index (κ3) is 2.34. The molecule has 0 unspecified atom stereocenters. The minimum absolute atomic E-state index is 0.891. The molecule has 74 valence electrons. The molecular weight excluding hydrogens is 176 g/mol. The van der Waals surface area contributed by atoms with Gasteiger partial charge in [0.15, 0.2) is 0 Å². The van der Waals surface area contributed by atoms with Gasteiger partial charge in [0.1, 0.15) is 5.69 Å². The molecular formula is C10H14N4. The topological polar surface area (TPSA) is 51.6 Å². The molecule has 0 fully saturated rings. The first kappa shape index (κ1) is 9.24. The van der Waals surface area contributed by atoms with Crippen LogP contribution in [0.25, 0.3) is 5.57 Å². The Morgan fingerprint density at radius 1 is 1.00 bits per heavy atom. The Bertz CT molecular complexity index is 307. The van der Waals surface area contributed by atoms with Gasteiger partial charge in [-0.3, -0.25) is 0 Å². The molecule has 0 aromatic carbocycles. The van der Waals surface area contributed by atoms with E-state index >= 15 is 0 Å². The van der Waals surface area contributed by atoms with Crippen molar-refractivity contribution in [2.45, 2.75) is 38.5 Å². The van der Waals surface area contributed by atoms with E-state index in [9.17, 15) is 0 Å². The van der Waals surface area contributed by atoms with Crippen molar-refractivity contribution in [2.24, 2.45) is 0 Å². The Kier molecular flexibility index (Phi) is 3.16. The molecule has 1 aliphatic rings. The number of allylic oxidation sites excluding steroid dienone is 2. The van der Waals surface area contributed by atoms with Crippen LogP contribution in [0.2, 0.25) is 0 Å². The largest absolute Gasteiger partial charge is 0.135 e. The molecule has 1 aromatic heterocycles. The summed E-state index contributed by atoms with van der Waals surface area (Å²) in [6.45, 7) is 0. The Labute approximate surface area is 83.4 Å². The molecule has 0 aliphatic heterocycles. The number of hydrogen-bond donors (Lipinski definition) is 0. The van der Waals surface area contributed by atoms with E-state index in [2.05, 4.69) is 26.7 Å². The van der Waals surface area contributed by atoms with Crippen molar-refractivity contribution in [1.29, 1.82) is 0 Å². The Morgan fingerprint density at radius 2 is 1.93 bits per heavy atom. The van der Waals surface area contributed by atoms with E-state index in [0.717, 1.165) is 18.5 Å². The lowest BCUT2D eigenvalue weighted by molar-refractivity contribution is 0.640. The second kappa shape index (κ2) is 4.79. The Morgan fingerprint density at radius 3 is 2.79 bits per heavy atom. The van der Waals surface area contributed by atoms with Crippen molar-refractivity contribution in [1.82, 2.24) is 20.6 Å². The van der Waals surface area contributed by atoms with Crippen LogP contribution in [0.3, 0.4) is 0 Å². The van der Waals surface area contributed by atoms with Crippen molar-refractivity contribution in [3.63, 3.8) is 0 Å². The summed E-state index contributed by atoms with van der Waals surface area (Å²) in [4.78, 5) is 0. The second-order valence-corrected chi connectivity index (χ2v) is 3.59. The fourth-order valence-electron chi connectivity index (χ4n) is 1.77. The zero-order chi connectivity index (χ0) is 9.64. The van der Waals surface area contributed by atoms with Gasteiger partial charge in [-0.1, -0.05) is 18.9 Å². The second-order valence-electron chi connectivity index (χ2n) is 3.59. The number of nitrogens with zero attached hydrogens (tertiary/aromatic N) is 4. The molecule has 0 bridgehead atoms. The zero-order valence-electron chi connectivity index (χ0n) is 8.19. The average molecular weight is 190 g/mol. The monoisotopic (exact) mass is 190 g/mol. The van der Waals surface area contributed by atoms with E-state index < -0.39 is 0 Å². The molecule has 4 heteroatoms. The van der Waals surface area contributed by atoms with Crippen LogP contribution in [-0.2, 0) is 0 Å². The van der Waals surface area contributed by atoms with Crippen LogP contribution in [0.1, 0.15) is 44.2 Å². The van der Waals surface area contributed by atoms with Crippen LogP contribution in [0.4, 0.5) is 0 Å². The van der Waals surface area contributed by atoms with Crippen LogP contribution >= 0.6 is 0 Å². The highest BCUT2D eigenvalue weighted by Crippen LogP contribution is 2.22. The van der Waals surface area contributed by atoms with Crippen molar-refractivity contribution in [2.75, 3.05) is 0 Å². The van der Waals surface area contributed by atoms with Crippen LogP contribution in [0.15, 0.2) is 12.3 Å². The predicted molar refractivity (Wildman–Crippen MR) is 53.3 cm³/mol. The van der Waals surface area contributed by atoms with Crippen LogP contribution in [-0.4, -0.2) is 20.6 Å². The summed E-state index contributed by atoms with van der Waals surface area (Å²) >= 11 is 0. The van der Waals surface area contributed by atoms with Crippen LogP contribution in [0, 0.1) is 0 Å². The van der Waals surface area contributed by atoms with Gasteiger partial charge in [0.2, 0.25) is 0 Å². The Hall–Kier alpha value is -1.32. The summed E-state index contributed by atoms with van der Waals surface area (Å²) in [5.74, 6) is 0. The van der Waals surface area contributed by atoms with Gasteiger partial charge in [-0.2, -0.15) is 0 Å². The van der Waals surface area contributed by atoms with Crippen LogP contribution in [0.5, 0.6) is 0 Å². The van der Waals surface area contributed by atoms with Gasteiger partial charge >= 0.3 is 0 Å². The highest BCUT2D eigenvalue weighted by atomic mass is 15.4. The van der Waals surface area contributed by atoms with Crippen molar-refractivity contribution in [3.05, 3.63) is 18.0 Å². The summed E-state index contributed by atoms with van der Waals surface area (Å²) in [5.41, 5.74) is 2.18. The molecule has 2 rings (SSSR count). The van der Waals surface area contributed by atoms with Gasteiger partial charge in [-0.15, -0.1) is 10.2 Å². The van der Waals surface area contributed by atoms with Crippen molar-refractivity contribution in [3.8, 4) is 0 Å². The molecule has 1 aromatic rings.